The van der Waals surface area contributed by atoms with E-state index in [2.05, 4.69) is 17.6 Å². The molecule has 3 amide bonds. The first-order valence-corrected chi connectivity index (χ1v) is 14.3. The van der Waals surface area contributed by atoms with Crippen molar-refractivity contribution >= 4 is 23.9 Å². The first-order chi connectivity index (χ1) is 18.8. The van der Waals surface area contributed by atoms with E-state index in [1.165, 1.54) is 17.0 Å². The number of carbonyl (C=O) groups is 4. The standard InChI is InChI=1S/C30H49N3O7/c1-8-10-11-12-13-20-33(28(37)25(21(3)4)32-29(38)40-30(5,6)7)26(22-14-16-23(34)17-15-22)27(36)31-19-18-24(35)39-9-2/h14-17,21,25-26,34H,8-13,18-20H2,1-7H3,(H,31,36)(H,32,38). The van der Waals surface area contributed by atoms with Crippen molar-refractivity contribution in [2.45, 2.75) is 105 Å². The number of esters is 1. The fourth-order valence-electron chi connectivity index (χ4n) is 4.13. The second kappa shape index (κ2) is 17.4. The number of benzene rings is 1. The number of unbranched alkanes of at least 4 members (excludes halogenated alkanes) is 4. The zero-order valence-corrected chi connectivity index (χ0v) is 25.2. The van der Waals surface area contributed by atoms with Gasteiger partial charge in [0.25, 0.3) is 0 Å². The van der Waals surface area contributed by atoms with E-state index in [1.807, 2.05) is 13.8 Å². The summed E-state index contributed by atoms with van der Waals surface area (Å²) in [7, 11) is 0. The Morgan fingerprint density at radius 3 is 2.15 bits per heavy atom. The topological polar surface area (TPSA) is 134 Å². The molecular formula is C30H49N3O7. The van der Waals surface area contributed by atoms with Gasteiger partial charge in [0.2, 0.25) is 11.8 Å². The third kappa shape index (κ3) is 12.7. The molecule has 0 aliphatic heterocycles. The molecule has 3 N–H and O–H groups in total. The molecule has 10 nitrogen and oxygen atoms in total. The van der Waals surface area contributed by atoms with Gasteiger partial charge < -0.3 is 30.1 Å². The predicted octanol–water partition coefficient (Wildman–Crippen LogP) is 4.85. The van der Waals surface area contributed by atoms with E-state index < -0.39 is 41.6 Å². The molecule has 226 valence electrons. The van der Waals surface area contributed by atoms with E-state index in [9.17, 15) is 24.3 Å². The van der Waals surface area contributed by atoms with E-state index in [-0.39, 0.29) is 37.8 Å². The molecule has 1 aromatic carbocycles. The average Bonchev–Trinajstić information content (AvgIpc) is 2.86. The molecule has 0 fully saturated rings. The predicted molar refractivity (Wildman–Crippen MR) is 154 cm³/mol. The van der Waals surface area contributed by atoms with Crippen LogP contribution in [0.15, 0.2) is 24.3 Å². The highest BCUT2D eigenvalue weighted by atomic mass is 16.6. The van der Waals surface area contributed by atoms with Crippen LogP contribution in [0.2, 0.25) is 0 Å². The Kier molecular flexibility index (Phi) is 15.1. The van der Waals surface area contributed by atoms with Gasteiger partial charge in [-0.3, -0.25) is 14.4 Å². The Morgan fingerprint density at radius 1 is 0.975 bits per heavy atom. The normalized spacial score (nSPS) is 12.8. The fourth-order valence-corrected chi connectivity index (χ4v) is 4.13. The number of rotatable bonds is 16. The second-order valence-corrected chi connectivity index (χ2v) is 11.2. The first kappa shape index (κ1) is 34.7. The summed E-state index contributed by atoms with van der Waals surface area (Å²) in [4.78, 5) is 53.7. The first-order valence-electron chi connectivity index (χ1n) is 14.3. The largest absolute Gasteiger partial charge is 0.508 e. The number of ether oxygens (including phenoxy) is 2. The van der Waals surface area contributed by atoms with Gasteiger partial charge in [-0.2, -0.15) is 0 Å². The van der Waals surface area contributed by atoms with Crippen molar-refractivity contribution in [2.75, 3.05) is 19.7 Å². The van der Waals surface area contributed by atoms with Crippen LogP contribution in [-0.4, -0.2) is 65.2 Å². The Hall–Kier alpha value is -3.30. The van der Waals surface area contributed by atoms with E-state index in [1.54, 1.807) is 39.8 Å². The quantitative estimate of drug-likeness (QED) is 0.193. The van der Waals surface area contributed by atoms with Gasteiger partial charge >= 0.3 is 12.1 Å². The van der Waals surface area contributed by atoms with Crippen LogP contribution in [0.5, 0.6) is 5.75 Å². The van der Waals surface area contributed by atoms with E-state index >= 15 is 0 Å². The van der Waals surface area contributed by atoms with Crippen LogP contribution in [0.3, 0.4) is 0 Å². The van der Waals surface area contributed by atoms with Crippen molar-refractivity contribution in [3.63, 3.8) is 0 Å². The van der Waals surface area contributed by atoms with E-state index in [4.69, 9.17) is 9.47 Å². The molecule has 0 saturated heterocycles. The minimum atomic E-state index is -1.05. The zero-order valence-electron chi connectivity index (χ0n) is 25.2. The smallest absolute Gasteiger partial charge is 0.408 e. The lowest BCUT2D eigenvalue weighted by Gasteiger charge is -2.35. The lowest BCUT2D eigenvalue weighted by molar-refractivity contribution is -0.144. The lowest BCUT2D eigenvalue weighted by atomic mass is 9.98. The molecule has 2 unspecified atom stereocenters. The van der Waals surface area contributed by atoms with Gasteiger partial charge in [-0.15, -0.1) is 0 Å². The average molecular weight is 564 g/mol. The summed E-state index contributed by atoms with van der Waals surface area (Å²) < 4.78 is 10.4. The van der Waals surface area contributed by atoms with Crippen molar-refractivity contribution in [3.8, 4) is 5.75 Å². The van der Waals surface area contributed by atoms with Crippen LogP contribution >= 0.6 is 0 Å². The minimum absolute atomic E-state index is 0.0122. The van der Waals surface area contributed by atoms with Crippen LogP contribution in [0.25, 0.3) is 0 Å². The molecule has 0 heterocycles. The van der Waals surface area contributed by atoms with Crippen LogP contribution in [0.4, 0.5) is 4.79 Å². The highest BCUT2D eigenvalue weighted by Crippen LogP contribution is 2.26. The minimum Gasteiger partial charge on any atom is -0.508 e. The molecule has 2 atom stereocenters. The molecular weight excluding hydrogens is 514 g/mol. The molecule has 1 aromatic rings. The summed E-state index contributed by atoms with van der Waals surface area (Å²) in [6.07, 6.45) is 3.93. The molecule has 0 spiro atoms. The van der Waals surface area contributed by atoms with Gasteiger partial charge in [0.1, 0.15) is 23.4 Å². The fraction of sp³-hybridized carbons (Fsp3) is 0.667. The third-order valence-corrected chi connectivity index (χ3v) is 6.09. The number of hydrogen-bond acceptors (Lipinski definition) is 7. The summed E-state index contributed by atoms with van der Waals surface area (Å²) in [6.45, 7) is 13.2. The highest BCUT2D eigenvalue weighted by molar-refractivity contribution is 5.92. The highest BCUT2D eigenvalue weighted by Gasteiger charge is 2.37. The van der Waals surface area contributed by atoms with E-state index in [0.717, 1.165) is 25.7 Å². The monoisotopic (exact) mass is 563 g/mol. The van der Waals surface area contributed by atoms with Gasteiger partial charge in [0, 0.05) is 13.1 Å². The number of hydrogen-bond donors (Lipinski definition) is 3. The summed E-state index contributed by atoms with van der Waals surface area (Å²) >= 11 is 0. The second-order valence-electron chi connectivity index (χ2n) is 11.2. The van der Waals surface area contributed by atoms with Crippen molar-refractivity contribution in [1.82, 2.24) is 15.5 Å². The van der Waals surface area contributed by atoms with Gasteiger partial charge in [0.15, 0.2) is 0 Å². The summed E-state index contributed by atoms with van der Waals surface area (Å²) in [5, 5.41) is 15.3. The summed E-state index contributed by atoms with van der Waals surface area (Å²) in [6, 6.07) is 4.09. The molecule has 1 rings (SSSR count). The SMILES string of the molecule is CCCCCCCN(C(=O)C(NC(=O)OC(C)(C)C)C(C)C)C(C(=O)NCCC(=O)OCC)c1ccc(O)cc1. The van der Waals surface area contributed by atoms with Gasteiger partial charge in [-0.1, -0.05) is 58.6 Å². The van der Waals surface area contributed by atoms with Gasteiger partial charge in [-0.05, 0) is 57.7 Å². The third-order valence-electron chi connectivity index (χ3n) is 6.09. The number of alkyl carbamates (subject to hydrolysis) is 1. The molecule has 40 heavy (non-hydrogen) atoms. The number of aromatic hydroxyl groups is 1. The Labute approximate surface area is 239 Å². The molecule has 0 aromatic heterocycles. The number of carbonyl (C=O) groups excluding carboxylic acids is 4. The van der Waals surface area contributed by atoms with Gasteiger partial charge in [-0.25, -0.2) is 4.79 Å². The Bertz CT molecular complexity index is 942. The Balaban J connectivity index is 3.38. The maximum atomic E-state index is 14.1. The molecule has 0 bridgehead atoms. The number of phenolic OH excluding ortho intramolecular Hbond substituents is 1. The number of nitrogens with zero attached hydrogens (tertiary/aromatic N) is 1. The molecule has 0 aliphatic rings. The van der Waals surface area contributed by atoms with Crippen molar-refractivity contribution in [2.24, 2.45) is 5.92 Å². The molecule has 0 radical (unpaired) electrons. The van der Waals surface area contributed by atoms with Crippen molar-refractivity contribution in [3.05, 3.63) is 29.8 Å². The number of phenols is 1. The molecule has 0 aliphatic carbocycles. The summed E-state index contributed by atoms with van der Waals surface area (Å²) in [5.74, 6) is -1.61. The van der Waals surface area contributed by atoms with Crippen LogP contribution in [0.1, 0.15) is 98.6 Å². The van der Waals surface area contributed by atoms with Crippen LogP contribution in [0, 0.1) is 5.92 Å². The van der Waals surface area contributed by atoms with Crippen molar-refractivity contribution in [1.29, 1.82) is 0 Å². The van der Waals surface area contributed by atoms with Crippen LogP contribution < -0.4 is 10.6 Å². The zero-order chi connectivity index (χ0) is 30.3. The lowest BCUT2D eigenvalue weighted by Crippen LogP contribution is -2.55. The summed E-state index contributed by atoms with van der Waals surface area (Å²) in [5.41, 5.74) is -0.255. The van der Waals surface area contributed by atoms with E-state index in [0.29, 0.717) is 12.0 Å². The maximum Gasteiger partial charge on any atom is 0.408 e. The maximum absolute atomic E-state index is 14.1. The molecule has 0 saturated carbocycles. The molecule has 10 heteroatoms. The van der Waals surface area contributed by atoms with Crippen LogP contribution in [-0.2, 0) is 23.9 Å². The Morgan fingerprint density at radius 2 is 1.60 bits per heavy atom. The number of nitrogens with one attached hydrogen (secondary N) is 2. The number of amides is 3. The van der Waals surface area contributed by atoms with Gasteiger partial charge in [0.05, 0.1) is 13.0 Å². The van der Waals surface area contributed by atoms with Crippen molar-refractivity contribution < 1.29 is 33.8 Å².